The summed E-state index contributed by atoms with van der Waals surface area (Å²) in [6.07, 6.45) is -0.515. The molecule has 18 heteroatoms. The number of likely N-dealkylation sites (N-methyl/N-ethyl adjacent to an activating group) is 1. The van der Waals surface area contributed by atoms with Crippen molar-refractivity contribution in [3.63, 3.8) is 0 Å². The molecule has 0 aliphatic rings. The van der Waals surface area contributed by atoms with Crippen molar-refractivity contribution in [2.45, 2.75) is 6.18 Å². The Bertz CT molecular complexity index is 1860. The molecule has 6 N–H and O–H groups in total. The summed E-state index contributed by atoms with van der Waals surface area (Å²) in [4.78, 5) is 61.1. The Balaban J connectivity index is 0.000000872. The Morgan fingerprint density at radius 2 is 1.30 bits per heavy atom. The number of anilines is 4. The van der Waals surface area contributed by atoms with Crippen molar-refractivity contribution in [2.24, 2.45) is 0 Å². The minimum Gasteiger partial charge on any atom is -0.475 e. The average molecular weight is 735 g/mol. The van der Waals surface area contributed by atoms with Crippen molar-refractivity contribution >= 4 is 75.5 Å². The van der Waals surface area contributed by atoms with Gasteiger partial charge in [0.25, 0.3) is 17.7 Å². The summed E-state index contributed by atoms with van der Waals surface area (Å²) in [5, 5.41) is 24.7. The van der Waals surface area contributed by atoms with Gasteiger partial charge in [0.15, 0.2) is 5.69 Å². The zero-order valence-electron chi connectivity index (χ0n) is 26.1. The van der Waals surface area contributed by atoms with Crippen LogP contribution >= 0.6 is 23.2 Å². The predicted octanol–water partition coefficient (Wildman–Crippen LogP) is 6.16. The number of carboxylic acids is 1. The predicted molar refractivity (Wildman–Crippen MR) is 182 cm³/mol. The van der Waals surface area contributed by atoms with Crippen LogP contribution in [-0.2, 0) is 9.59 Å². The molecule has 0 bridgehead atoms. The molecule has 0 radical (unpaired) electrons. The first kappa shape index (κ1) is 38.7. The number of nitrogens with zero attached hydrogens (tertiary/aromatic N) is 2. The highest BCUT2D eigenvalue weighted by molar-refractivity contribution is 6.40. The van der Waals surface area contributed by atoms with Crippen LogP contribution in [0.25, 0.3) is 0 Å². The van der Waals surface area contributed by atoms with Gasteiger partial charge in [0.05, 0.1) is 21.3 Å². The zero-order valence-corrected chi connectivity index (χ0v) is 27.6. The second kappa shape index (κ2) is 17.6. The molecule has 50 heavy (non-hydrogen) atoms. The summed E-state index contributed by atoms with van der Waals surface area (Å²) in [5.41, 5.74) is 2.02. The number of H-pyrrole nitrogens is 1. The van der Waals surface area contributed by atoms with Crippen molar-refractivity contribution in [1.82, 2.24) is 15.1 Å². The number of hydrogen-bond acceptors (Lipinski definition) is 7. The number of benzene rings is 3. The smallest absolute Gasteiger partial charge is 0.475 e. The van der Waals surface area contributed by atoms with Gasteiger partial charge in [0, 0.05) is 41.4 Å². The number of rotatable bonds is 10. The summed E-state index contributed by atoms with van der Waals surface area (Å²) in [6.45, 7) is 0.645. The number of aromatic amines is 1. The van der Waals surface area contributed by atoms with E-state index >= 15 is 0 Å². The highest BCUT2D eigenvalue weighted by Crippen LogP contribution is 2.26. The van der Waals surface area contributed by atoms with Gasteiger partial charge in [-0.3, -0.25) is 24.3 Å². The van der Waals surface area contributed by atoms with Gasteiger partial charge >= 0.3 is 12.1 Å². The number of carbonyl (C=O) groups is 5. The van der Waals surface area contributed by atoms with Crippen LogP contribution in [0.3, 0.4) is 0 Å². The van der Waals surface area contributed by atoms with Gasteiger partial charge < -0.3 is 31.3 Å². The first-order chi connectivity index (χ1) is 23.5. The van der Waals surface area contributed by atoms with Crippen molar-refractivity contribution in [1.29, 1.82) is 0 Å². The Kier molecular flexibility index (Phi) is 13.6. The van der Waals surface area contributed by atoms with Crippen molar-refractivity contribution < 1.29 is 42.3 Å². The minimum absolute atomic E-state index is 0.0573. The minimum atomic E-state index is -5.08. The fourth-order valence-electron chi connectivity index (χ4n) is 3.75. The second-order valence-electron chi connectivity index (χ2n) is 10.2. The van der Waals surface area contributed by atoms with E-state index in [9.17, 15) is 32.3 Å². The number of alkyl halides is 3. The Morgan fingerprint density at radius 3 is 1.82 bits per heavy atom. The summed E-state index contributed by atoms with van der Waals surface area (Å²) in [6, 6.07) is 17.6. The van der Waals surface area contributed by atoms with Gasteiger partial charge in [-0.15, -0.1) is 0 Å². The molecule has 1 heterocycles. The summed E-state index contributed by atoms with van der Waals surface area (Å²) >= 11 is 12.2. The third kappa shape index (κ3) is 11.8. The average Bonchev–Trinajstić information content (AvgIpc) is 3.50. The molecule has 0 spiro atoms. The molecule has 0 aliphatic carbocycles. The van der Waals surface area contributed by atoms with Crippen molar-refractivity contribution in [3.05, 3.63) is 112 Å². The van der Waals surface area contributed by atoms with Gasteiger partial charge in [-0.05, 0) is 74.8 Å². The Morgan fingerprint density at radius 1 is 0.800 bits per heavy atom. The summed E-state index contributed by atoms with van der Waals surface area (Å²) in [5.74, 6) is -4.55. The maximum absolute atomic E-state index is 12.9. The molecular formula is C32H28Cl2F3N7O6. The van der Waals surface area contributed by atoms with E-state index in [2.05, 4.69) is 31.5 Å². The van der Waals surface area contributed by atoms with E-state index < -0.39 is 24.0 Å². The first-order valence-corrected chi connectivity index (χ1v) is 14.8. The lowest BCUT2D eigenvalue weighted by molar-refractivity contribution is -0.192. The third-order valence-electron chi connectivity index (χ3n) is 6.09. The highest BCUT2D eigenvalue weighted by Gasteiger charge is 2.38. The zero-order chi connectivity index (χ0) is 37.0. The van der Waals surface area contributed by atoms with Gasteiger partial charge in [-0.1, -0.05) is 35.3 Å². The molecule has 4 amide bonds. The molecule has 0 fully saturated rings. The van der Waals surface area contributed by atoms with E-state index in [4.69, 9.17) is 33.1 Å². The fraction of sp³-hybridized carbons (Fsp3) is 0.125. The van der Waals surface area contributed by atoms with Crippen LogP contribution in [0.4, 0.5) is 35.9 Å². The Hall–Kier alpha value is -5.71. The molecular weight excluding hydrogens is 706 g/mol. The summed E-state index contributed by atoms with van der Waals surface area (Å²) < 4.78 is 31.7. The lowest BCUT2D eigenvalue weighted by Crippen LogP contribution is -2.21. The molecule has 4 rings (SSSR count). The largest absolute Gasteiger partial charge is 0.490 e. The van der Waals surface area contributed by atoms with Gasteiger partial charge in [-0.2, -0.15) is 18.3 Å². The number of halogens is 5. The van der Waals surface area contributed by atoms with Crippen LogP contribution in [0.5, 0.6) is 0 Å². The summed E-state index contributed by atoms with van der Waals surface area (Å²) in [7, 11) is 3.81. The fourth-order valence-corrected chi connectivity index (χ4v) is 4.32. The number of amides is 4. The van der Waals surface area contributed by atoms with Gasteiger partial charge in [-0.25, -0.2) is 4.79 Å². The van der Waals surface area contributed by atoms with Crippen LogP contribution in [0.15, 0.2) is 85.1 Å². The molecule has 0 atom stereocenters. The van der Waals surface area contributed by atoms with Gasteiger partial charge in [0.1, 0.15) is 0 Å². The topological polar surface area (TPSA) is 186 Å². The molecule has 0 saturated heterocycles. The van der Waals surface area contributed by atoms with Crippen LogP contribution in [0, 0.1) is 0 Å². The number of hydrogen-bond donors (Lipinski definition) is 6. The maximum atomic E-state index is 12.9. The van der Waals surface area contributed by atoms with E-state index in [1.165, 1.54) is 24.4 Å². The number of carbonyl (C=O) groups excluding carboxylic acids is 4. The number of nitrogens with one attached hydrogen (secondary N) is 5. The van der Waals surface area contributed by atoms with Crippen LogP contribution in [-0.4, -0.2) is 76.6 Å². The second-order valence-corrected chi connectivity index (χ2v) is 11.0. The van der Waals surface area contributed by atoms with E-state index in [0.29, 0.717) is 29.2 Å². The van der Waals surface area contributed by atoms with E-state index in [-0.39, 0.29) is 38.8 Å². The number of carboxylic acid groups (broad SMARTS) is 1. The SMILES string of the molecule is CN(C)C/C=C/C(=O)Nc1ccc(C(=O)Nc2ccc(NC(=O)c3n[nH]cc3NC(=O)c3c(Cl)cccc3Cl)cc2)cc1.O=C(O)C(F)(F)F. The Labute approximate surface area is 292 Å². The normalized spacial score (nSPS) is 11.0. The number of aromatic nitrogens is 2. The molecule has 262 valence electrons. The third-order valence-corrected chi connectivity index (χ3v) is 6.72. The first-order valence-electron chi connectivity index (χ1n) is 14.1. The van der Waals surface area contributed by atoms with Crippen LogP contribution < -0.4 is 21.3 Å². The molecule has 3 aromatic carbocycles. The highest BCUT2D eigenvalue weighted by atomic mass is 35.5. The number of aliphatic carboxylic acids is 1. The van der Waals surface area contributed by atoms with Crippen LogP contribution in [0.2, 0.25) is 10.0 Å². The molecule has 13 nitrogen and oxygen atoms in total. The lowest BCUT2D eigenvalue weighted by atomic mass is 10.2. The molecule has 0 saturated carbocycles. The lowest BCUT2D eigenvalue weighted by Gasteiger charge is -2.10. The quantitative estimate of drug-likeness (QED) is 0.105. The monoisotopic (exact) mass is 733 g/mol. The van der Waals surface area contributed by atoms with E-state index in [1.807, 2.05) is 19.0 Å². The van der Waals surface area contributed by atoms with Crippen molar-refractivity contribution in [2.75, 3.05) is 41.9 Å². The molecule has 1 aromatic heterocycles. The van der Waals surface area contributed by atoms with E-state index in [0.717, 1.165) is 0 Å². The molecule has 0 aliphatic heterocycles. The maximum Gasteiger partial charge on any atom is 0.490 e. The molecule has 0 unspecified atom stereocenters. The standard InChI is InChI=1S/C30H27Cl2N7O4.C2HF3O2/c1-39(2)16-4-7-25(40)34-19-10-8-18(9-11-19)28(41)35-20-12-14-21(15-13-20)36-30(43)27-24(17-33-38-27)37-29(42)26-22(31)5-3-6-23(26)32;3-2(4,5)1(6)7/h3-15,17H,16H2,1-2H3,(H,33,38)(H,34,40)(H,35,41)(H,36,43)(H,37,42);(H,6,7)/b7-4+;. The van der Waals surface area contributed by atoms with E-state index in [1.54, 1.807) is 60.7 Å². The van der Waals surface area contributed by atoms with Crippen molar-refractivity contribution in [3.8, 4) is 0 Å². The van der Waals surface area contributed by atoms with Gasteiger partial charge in [0.2, 0.25) is 5.91 Å². The molecule has 4 aromatic rings. The van der Waals surface area contributed by atoms with Crippen LogP contribution in [0.1, 0.15) is 31.2 Å².